The summed E-state index contributed by atoms with van der Waals surface area (Å²) >= 11 is 3.34. The molecule has 0 spiro atoms. The van der Waals surface area contributed by atoms with E-state index in [-0.39, 0.29) is 5.92 Å². The number of carbonyl (C=O) groups is 1. The summed E-state index contributed by atoms with van der Waals surface area (Å²) in [5.74, 6) is -0.773. The fraction of sp³-hybridized carbons (Fsp3) is 0.947. The summed E-state index contributed by atoms with van der Waals surface area (Å²) in [6, 6.07) is 0. The Morgan fingerprint density at radius 3 is 1.55 bits per heavy atom. The minimum absolute atomic E-state index is 0.146. The van der Waals surface area contributed by atoms with Gasteiger partial charge in [0.15, 0.2) is 0 Å². The van der Waals surface area contributed by atoms with Gasteiger partial charge < -0.3 is 5.11 Å². The normalized spacial score (nSPS) is 12.5. The third kappa shape index (κ3) is 14.9. The summed E-state index contributed by atoms with van der Waals surface area (Å²) in [7, 11) is 0. The molecule has 0 aliphatic heterocycles. The van der Waals surface area contributed by atoms with E-state index in [1.165, 1.54) is 77.0 Å². The van der Waals surface area contributed by atoms with Gasteiger partial charge in [-0.1, -0.05) is 106 Å². The first kappa shape index (κ1) is 21.9. The van der Waals surface area contributed by atoms with Crippen LogP contribution >= 0.6 is 15.9 Å². The van der Waals surface area contributed by atoms with Crippen LogP contribution < -0.4 is 0 Å². The fourth-order valence-corrected chi connectivity index (χ4v) is 3.48. The summed E-state index contributed by atoms with van der Waals surface area (Å²) in [6.45, 7) is 2.27. The predicted octanol–water partition coefficient (Wildman–Crippen LogP) is 6.95. The highest BCUT2D eigenvalue weighted by Crippen LogP contribution is 2.17. The molecule has 0 aliphatic rings. The maximum atomic E-state index is 11.0. The second kappa shape index (κ2) is 17.3. The van der Waals surface area contributed by atoms with Crippen LogP contribution in [0.3, 0.4) is 0 Å². The largest absolute Gasteiger partial charge is 0.481 e. The molecule has 1 atom stereocenters. The SMILES string of the molecule is CCCCCCCCCCCCCCCC(CCBr)C(=O)O. The maximum Gasteiger partial charge on any atom is 0.306 e. The number of unbranched alkanes of at least 4 members (excludes halogenated alkanes) is 12. The minimum Gasteiger partial charge on any atom is -0.481 e. The van der Waals surface area contributed by atoms with Crippen LogP contribution in [0.4, 0.5) is 0 Å². The molecule has 0 rings (SSSR count). The lowest BCUT2D eigenvalue weighted by Crippen LogP contribution is -2.14. The first-order valence-corrected chi connectivity index (χ1v) is 10.6. The molecular formula is C19H37BrO2. The third-order valence-electron chi connectivity index (χ3n) is 4.46. The van der Waals surface area contributed by atoms with Crippen molar-refractivity contribution in [1.82, 2.24) is 0 Å². The molecule has 0 aromatic heterocycles. The fourth-order valence-electron chi connectivity index (χ4n) is 2.93. The molecule has 132 valence electrons. The van der Waals surface area contributed by atoms with Crippen molar-refractivity contribution in [3.8, 4) is 0 Å². The highest BCUT2D eigenvalue weighted by Gasteiger charge is 2.15. The molecular weight excluding hydrogens is 340 g/mol. The quantitative estimate of drug-likeness (QED) is 0.220. The van der Waals surface area contributed by atoms with E-state index in [4.69, 9.17) is 5.11 Å². The minimum atomic E-state index is -0.626. The molecule has 0 radical (unpaired) electrons. The van der Waals surface area contributed by atoms with Crippen molar-refractivity contribution in [1.29, 1.82) is 0 Å². The number of carboxylic acids is 1. The number of halogens is 1. The molecule has 22 heavy (non-hydrogen) atoms. The zero-order valence-corrected chi connectivity index (χ0v) is 16.2. The van der Waals surface area contributed by atoms with Crippen LogP contribution in [0.5, 0.6) is 0 Å². The lowest BCUT2D eigenvalue weighted by Gasteiger charge is -2.10. The number of rotatable bonds is 17. The summed E-state index contributed by atoms with van der Waals surface area (Å²) < 4.78 is 0. The van der Waals surface area contributed by atoms with Gasteiger partial charge in [0.25, 0.3) is 0 Å². The molecule has 2 nitrogen and oxygen atoms in total. The maximum absolute atomic E-state index is 11.0. The van der Waals surface area contributed by atoms with E-state index < -0.39 is 5.97 Å². The highest BCUT2D eigenvalue weighted by atomic mass is 79.9. The molecule has 0 aromatic rings. The Kier molecular flexibility index (Phi) is 17.3. The van der Waals surface area contributed by atoms with Crippen LogP contribution in [-0.4, -0.2) is 16.4 Å². The van der Waals surface area contributed by atoms with E-state index in [1.807, 2.05) is 0 Å². The van der Waals surface area contributed by atoms with Crippen LogP contribution in [0.2, 0.25) is 0 Å². The van der Waals surface area contributed by atoms with Gasteiger partial charge in [0.2, 0.25) is 0 Å². The smallest absolute Gasteiger partial charge is 0.306 e. The van der Waals surface area contributed by atoms with Gasteiger partial charge in [-0.25, -0.2) is 0 Å². The van der Waals surface area contributed by atoms with Crippen molar-refractivity contribution in [3.05, 3.63) is 0 Å². The standard InChI is InChI=1S/C19H37BrO2/c1-2-3-4-5-6-7-8-9-10-11-12-13-14-15-18(16-17-20)19(21)22/h18H,2-17H2,1H3,(H,21,22). The van der Waals surface area contributed by atoms with Crippen molar-refractivity contribution >= 4 is 21.9 Å². The molecule has 1 unspecified atom stereocenters. The molecule has 0 saturated heterocycles. The van der Waals surface area contributed by atoms with E-state index in [0.29, 0.717) is 0 Å². The summed E-state index contributed by atoms with van der Waals surface area (Å²) in [4.78, 5) is 11.0. The van der Waals surface area contributed by atoms with Crippen molar-refractivity contribution in [2.45, 2.75) is 103 Å². The second-order valence-electron chi connectivity index (χ2n) is 6.54. The summed E-state index contributed by atoms with van der Waals surface area (Å²) in [5, 5.41) is 9.87. The predicted molar refractivity (Wildman–Crippen MR) is 99.8 cm³/mol. The molecule has 0 aromatic carbocycles. The molecule has 0 fully saturated rings. The van der Waals surface area contributed by atoms with Gasteiger partial charge in [0.1, 0.15) is 0 Å². The number of carboxylic acid groups (broad SMARTS) is 1. The Bertz CT molecular complexity index is 244. The summed E-state index contributed by atoms with van der Waals surface area (Å²) in [5.41, 5.74) is 0. The Balaban J connectivity index is 3.21. The van der Waals surface area contributed by atoms with Gasteiger partial charge in [-0.2, -0.15) is 0 Å². The zero-order chi connectivity index (χ0) is 16.5. The highest BCUT2D eigenvalue weighted by molar-refractivity contribution is 9.09. The second-order valence-corrected chi connectivity index (χ2v) is 7.34. The van der Waals surface area contributed by atoms with E-state index in [0.717, 1.165) is 24.6 Å². The zero-order valence-electron chi connectivity index (χ0n) is 14.6. The van der Waals surface area contributed by atoms with Crippen LogP contribution in [0, 0.1) is 5.92 Å². The molecule has 0 heterocycles. The van der Waals surface area contributed by atoms with Gasteiger partial charge in [0, 0.05) is 5.33 Å². The molecule has 0 bridgehead atoms. The topological polar surface area (TPSA) is 37.3 Å². The van der Waals surface area contributed by atoms with Crippen molar-refractivity contribution in [2.75, 3.05) is 5.33 Å². The van der Waals surface area contributed by atoms with Gasteiger partial charge in [-0.3, -0.25) is 4.79 Å². The van der Waals surface area contributed by atoms with Crippen molar-refractivity contribution < 1.29 is 9.90 Å². The summed E-state index contributed by atoms with van der Waals surface area (Å²) in [6.07, 6.45) is 19.0. The first-order chi connectivity index (χ1) is 10.7. The molecule has 0 amide bonds. The van der Waals surface area contributed by atoms with Crippen LogP contribution in [0.25, 0.3) is 0 Å². The van der Waals surface area contributed by atoms with E-state index in [9.17, 15) is 4.79 Å². The Morgan fingerprint density at radius 2 is 1.18 bits per heavy atom. The van der Waals surface area contributed by atoms with Crippen LogP contribution in [-0.2, 0) is 4.79 Å². The Hall–Kier alpha value is -0.0500. The monoisotopic (exact) mass is 376 g/mol. The lowest BCUT2D eigenvalue weighted by atomic mass is 9.98. The molecule has 0 saturated carbocycles. The Morgan fingerprint density at radius 1 is 0.773 bits per heavy atom. The average Bonchev–Trinajstić information content (AvgIpc) is 2.50. The Labute approximate surface area is 146 Å². The number of aliphatic carboxylic acids is 1. The van der Waals surface area contributed by atoms with Crippen molar-refractivity contribution in [3.63, 3.8) is 0 Å². The van der Waals surface area contributed by atoms with E-state index >= 15 is 0 Å². The van der Waals surface area contributed by atoms with Crippen LogP contribution in [0.15, 0.2) is 0 Å². The first-order valence-electron chi connectivity index (χ1n) is 9.51. The molecule has 3 heteroatoms. The number of hydrogen-bond donors (Lipinski definition) is 1. The molecule has 0 aliphatic carbocycles. The van der Waals surface area contributed by atoms with Crippen molar-refractivity contribution in [2.24, 2.45) is 5.92 Å². The third-order valence-corrected chi connectivity index (χ3v) is 4.92. The molecule has 1 N–H and O–H groups in total. The average molecular weight is 377 g/mol. The van der Waals surface area contributed by atoms with E-state index in [2.05, 4.69) is 22.9 Å². The lowest BCUT2D eigenvalue weighted by molar-refractivity contribution is -0.142. The van der Waals surface area contributed by atoms with Gasteiger partial charge in [0.05, 0.1) is 5.92 Å². The van der Waals surface area contributed by atoms with E-state index in [1.54, 1.807) is 0 Å². The van der Waals surface area contributed by atoms with Gasteiger partial charge >= 0.3 is 5.97 Å². The number of hydrogen-bond acceptors (Lipinski definition) is 1. The van der Waals surface area contributed by atoms with Crippen LogP contribution in [0.1, 0.15) is 103 Å². The number of alkyl halides is 1. The van der Waals surface area contributed by atoms with Gasteiger partial charge in [-0.05, 0) is 12.8 Å². The van der Waals surface area contributed by atoms with Gasteiger partial charge in [-0.15, -0.1) is 0 Å².